The van der Waals surface area contributed by atoms with Crippen LogP contribution in [0.2, 0.25) is 0 Å². The molecule has 0 spiro atoms. The van der Waals surface area contributed by atoms with Gasteiger partial charge >= 0.3 is 0 Å². The number of alkyl halides is 1. The van der Waals surface area contributed by atoms with Crippen LogP contribution in [0.15, 0.2) is 34.7 Å². The van der Waals surface area contributed by atoms with Gasteiger partial charge in [0, 0.05) is 38.6 Å². The van der Waals surface area contributed by atoms with E-state index < -0.39 is 6.17 Å². The number of carbonyl (C=O) groups is 1. The number of benzene rings is 1. The number of hydrogen-bond donors (Lipinski definition) is 2. The Morgan fingerprint density at radius 1 is 1.19 bits per heavy atom. The average Bonchev–Trinajstić information content (AvgIpc) is 3.37. The second-order valence-corrected chi connectivity index (χ2v) is 8.87. The number of furan rings is 1. The number of anilines is 1. The van der Waals surface area contributed by atoms with Crippen LogP contribution in [0.1, 0.15) is 29.8 Å². The third kappa shape index (κ3) is 3.37. The van der Waals surface area contributed by atoms with Crippen LogP contribution in [0.4, 0.5) is 10.2 Å². The van der Waals surface area contributed by atoms with Crippen LogP contribution in [0.25, 0.3) is 22.2 Å². The molecule has 0 unspecified atom stereocenters. The first-order valence-electron chi connectivity index (χ1n) is 10.8. The standard InChI is InChI=1S/C23H26FN5O3/c1-28(2)23(31)22-20(14-11-13(30)5-8-18(14)32-22)15-7-9-19(27-26-15)29(3)17-10-12-4-6-16(25-12)21(17)24/h5,7-9,11-12,16-17,21,25,30H,4,6,10H2,1-3H3/t12-,16+,17-,21+/m1/s1. The molecule has 3 aromatic rings. The number of nitrogens with one attached hydrogen (secondary N) is 1. The molecule has 8 nitrogen and oxygen atoms in total. The Hall–Kier alpha value is -3.20. The molecule has 168 valence electrons. The number of nitrogens with zero attached hydrogens (tertiary/aromatic N) is 4. The molecule has 2 aliphatic heterocycles. The van der Waals surface area contributed by atoms with Gasteiger partial charge in [0.1, 0.15) is 17.5 Å². The highest BCUT2D eigenvalue weighted by molar-refractivity contribution is 6.07. The van der Waals surface area contributed by atoms with E-state index in [1.54, 1.807) is 38.4 Å². The van der Waals surface area contributed by atoms with Crippen molar-refractivity contribution in [1.82, 2.24) is 20.4 Å². The number of rotatable bonds is 4. The number of phenols is 1. The van der Waals surface area contributed by atoms with Crippen molar-refractivity contribution in [3.05, 3.63) is 36.1 Å². The van der Waals surface area contributed by atoms with Gasteiger partial charge in [0.25, 0.3) is 5.91 Å². The fourth-order valence-electron chi connectivity index (χ4n) is 4.86. The Bertz CT molecular complexity index is 1160. The molecule has 2 fully saturated rings. The van der Waals surface area contributed by atoms with E-state index in [2.05, 4.69) is 15.5 Å². The Balaban J connectivity index is 1.51. The van der Waals surface area contributed by atoms with E-state index in [4.69, 9.17) is 4.42 Å². The topological polar surface area (TPSA) is 94.7 Å². The summed E-state index contributed by atoms with van der Waals surface area (Å²) in [6.07, 6.45) is 1.63. The number of phenolic OH excluding ortho intramolecular Hbond substituents is 1. The first kappa shape index (κ1) is 20.7. The number of fused-ring (bicyclic) bond motifs is 3. The maximum absolute atomic E-state index is 15.0. The number of piperidine rings is 1. The van der Waals surface area contributed by atoms with Gasteiger partial charge in [-0.1, -0.05) is 0 Å². The molecule has 9 heteroatoms. The Morgan fingerprint density at radius 2 is 2.00 bits per heavy atom. The molecule has 0 radical (unpaired) electrons. The summed E-state index contributed by atoms with van der Waals surface area (Å²) >= 11 is 0. The van der Waals surface area contributed by atoms with E-state index >= 15 is 0 Å². The third-order valence-electron chi connectivity index (χ3n) is 6.59. The zero-order chi connectivity index (χ0) is 22.6. The molecule has 2 aromatic heterocycles. The number of aromatic hydroxyl groups is 1. The molecular weight excluding hydrogens is 413 g/mol. The van der Waals surface area contributed by atoms with Gasteiger partial charge in [0.05, 0.1) is 17.3 Å². The Kier molecular flexibility index (Phi) is 5.00. The normalized spacial score (nSPS) is 24.6. The highest BCUT2D eigenvalue weighted by Crippen LogP contribution is 2.37. The van der Waals surface area contributed by atoms with E-state index in [1.165, 1.54) is 11.0 Å². The lowest BCUT2D eigenvalue weighted by Gasteiger charge is -2.38. The van der Waals surface area contributed by atoms with Crippen LogP contribution in [0.3, 0.4) is 0 Å². The van der Waals surface area contributed by atoms with Crippen LogP contribution in [0, 0.1) is 0 Å². The predicted octanol–water partition coefficient (Wildman–Crippen LogP) is 2.96. The van der Waals surface area contributed by atoms with Crippen molar-refractivity contribution in [2.75, 3.05) is 26.0 Å². The summed E-state index contributed by atoms with van der Waals surface area (Å²) in [5, 5.41) is 22.6. The minimum Gasteiger partial charge on any atom is -0.508 e. The van der Waals surface area contributed by atoms with Gasteiger partial charge in [-0.15, -0.1) is 10.2 Å². The maximum atomic E-state index is 15.0. The minimum atomic E-state index is -0.967. The molecule has 0 saturated carbocycles. The van der Waals surface area contributed by atoms with Crippen molar-refractivity contribution >= 4 is 22.7 Å². The number of aromatic nitrogens is 2. The van der Waals surface area contributed by atoms with Gasteiger partial charge in [0.2, 0.25) is 5.76 Å². The molecule has 5 rings (SSSR count). The first-order valence-corrected chi connectivity index (χ1v) is 10.8. The molecule has 2 aliphatic rings. The lowest BCUT2D eigenvalue weighted by Crippen LogP contribution is -2.55. The van der Waals surface area contributed by atoms with Gasteiger partial charge < -0.3 is 24.6 Å². The second-order valence-electron chi connectivity index (χ2n) is 8.87. The molecule has 4 heterocycles. The summed E-state index contributed by atoms with van der Waals surface area (Å²) in [4.78, 5) is 16.0. The SMILES string of the molecule is CN(C)C(=O)c1oc2ccc(O)cc2c1-c1ccc(N(C)[C@@H]2C[C@H]3CC[C@H](N3)[C@@H]2F)nn1. The fraction of sp³-hybridized carbons (Fsp3) is 0.435. The van der Waals surface area contributed by atoms with Crippen LogP contribution >= 0.6 is 0 Å². The van der Waals surface area contributed by atoms with Crippen molar-refractivity contribution < 1.29 is 18.7 Å². The Labute approximate surface area is 185 Å². The summed E-state index contributed by atoms with van der Waals surface area (Å²) in [6.45, 7) is 0. The zero-order valence-electron chi connectivity index (χ0n) is 18.2. The smallest absolute Gasteiger partial charge is 0.289 e. The van der Waals surface area contributed by atoms with E-state index in [9.17, 15) is 14.3 Å². The monoisotopic (exact) mass is 439 g/mol. The number of amides is 1. The summed E-state index contributed by atoms with van der Waals surface area (Å²) < 4.78 is 20.8. The van der Waals surface area contributed by atoms with Crippen LogP contribution < -0.4 is 10.2 Å². The van der Waals surface area contributed by atoms with Gasteiger partial charge in [-0.3, -0.25) is 4.79 Å². The van der Waals surface area contributed by atoms with Crippen molar-refractivity contribution in [1.29, 1.82) is 0 Å². The van der Waals surface area contributed by atoms with E-state index in [1.807, 2.05) is 11.9 Å². The lowest BCUT2D eigenvalue weighted by atomic mass is 9.96. The molecule has 2 saturated heterocycles. The lowest BCUT2D eigenvalue weighted by molar-refractivity contribution is 0.0800. The molecule has 2 bridgehead atoms. The highest BCUT2D eigenvalue weighted by atomic mass is 19.1. The fourth-order valence-corrected chi connectivity index (χ4v) is 4.86. The third-order valence-corrected chi connectivity index (χ3v) is 6.59. The Morgan fingerprint density at radius 3 is 2.72 bits per heavy atom. The van der Waals surface area contributed by atoms with Crippen LogP contribution in [0.5, 0.6) is 5.75 Å². The van der Waals surface area contributed by atoms with E-state index in [0.29, 0.717) is 34.1 Å². The van der Waals surface area contributed by atoms with Gasteiger partial charge in [-0.2, -0.15) is 0 Å². The number of hydrogen-bond acceptors (Lipinski definition) is 7. The molecule has 1 aromatic carbocycles. The molecule has 0 aliphatic carbocycles. The summed E-state index contributed by atoms with van der Waals surface area (Å²) in [7, 11) is 5.12. The van der Waals surface area contributed by atoms with Gasteiger partial charge in [-0.05, 0) is 49.6 Å². The highest BCUT2D eigenvalue weighted by Gasteiger charge is 2.43. The number of carbonyl (C=O) groups excluding carboxylic acids is 1. The molecule has 2 N–H and O–H groups in total. The molecule has 32 heavy (non-hydrogen) atoms. The van der Waals surface area contributed by atoms with Crippen molar-refractivity contribution in [3.8, 4) is 17.0 Å². The number of halogens is 1. The first-order chi connectivity index (χ1) is 15.3. The summed E-state index contributed by atoms with van der Waals surface area (Å²) in [5.74, 6) is 0.440. The van der Waals surface area contributed by atoms with Gasteiger partial charge in [0.15, 0.2) is 5.82 Å². The predicted molar refractivity (Wildman–Crippen MR) is 119 cm³/mol. The summed E-state index contributed by atoms with van der Waals surface area (Å²) in [5.41, 5.74) is 1.38. The molecule has 1 amide bonds. The van der Waals surface area contributed by atoms with Gasteiger partial charge in [-0.25, -0.2) is 4.39 Å². The average molecular weight is 439 g/mol. The quantitative estimate of drug-likeness (QED) is 0.645. The van der Waals surface area contributed by atoms with E-state index in [0.717, 1.165) is 19.3 Å². The zero-order valence-corrected chi connectivity index (χ0v) is 18.2. The summed E-state index contributed by atoms with van der Waals surface area (Å²) in [6, 6.07) is 8.18. The molecule has 4 atom stereocenters. The second kappa shape index (κ2) is 7.74. The largest absolute Gasteiger partial charge is 0.508 e. The van der Waals surface area contributed by atoms with Crippen molar-refractivity contribution in [3.63, 3.8) is 0 Å². The van der Waals surface area contributed by atoms with Crippen molar-refractivity contribution in [2.45, 2.75) is 43.6 Å². The van der Waals surface area contributed by atoms with Crippen LogP contribution in [-0.4, -0.2) is 71.6 Å². The van der Waals surface area contributed by atoms with Crippen molar-refractivity contribution in [2.24, 2.45) is 0 Å². The molecular formula is C23H26FN5O3. The van der Waals surface area contributed by atoms with E-state index in [-0.39, 0.29) is 29.5 Å². The minimum absolute atomic E-state index is 0.0576. The van der Waals surface area contributed by atoms with Crippen LogP contribution in [-0.2, 0) is 0 Å². The maximum Gasteiger partial charge on any atom is 0.289 e.